The van der Waals surface area contributed by atoms with Gasteiger partial charge < -0.3 is 14.0 Å². The minimum absolute atomic E-state index is 0.135. The summed E-state index contributed by atoms with van der Waals surface area (Å²) in [5.41, 5.74) is 3.05. The Labute approximate surface area is 203 Å². The number of fused-ring (bicyclic) bond motifs is 1. The van der Waals surface area contributed by atoms with Crippen LogP contribution in [0.15, 0.2) is 60.7 Å². The standard InChI is InChI=1S/C26H21F3INO2/c27-19-7-6-18(14-21(19)29)31-22-9-8-20(28)26(33-15-16-4-2-1-3-5-16)23(22)24(30)25(31)17-10-12-32-13-11-17/h1-9,14,17H,10-13,15H2. The second-order valence-electron chi connectivity index (χ2n) is 8.06. The molecule has 2 heterocycles. The van der Waals surface area contributed by atoms with E-state index in [1.54, 1.807) is 12.1 Å². The van der Waals surface area contributed by atoms with Crippen molar-refractivity contribution in [3.8, 4) is 11.4 Å². The molecule has 1 fully saturated rings. The molecule has 0 unspecified atom stereocenters. The lowest BCUT2D eigenvalue weighted by Gasteiger charge is -2.24. The summed E-state index contributed by atoms with van der Waals surface area (Å²) in [7, 11) is 0. The van der Waals surface area contributed by atoms with Crippen LogP contribution in [0.4, 0.5) is 13.2 Å². The molecule has 0 bridgehead atoms. The van der Waals surface area contributed by atoms with Crippen LogP contribution in [0.1, 0.15) is 30.0 Å². The van der Waals surface area contributed by atoms with Crippen molar-refractivity contribution in [1.82, 2.24) is 4.57 Å². The van der Waals surface area contributed by atoms with Crippen LogP contribution in [0.25, 0.3) is 16.6 Å². The second-order valence-corrected chi connectivity index (χ2v) is 9.14. The first-order valence-electron chi connectivity index (χ1n) is 10.8. The number of hydrogen-bond donors (Lipinski definition) is 0. The highest BCUT2D eigenvalue weighted by Crippen LogP contribution is 2.43. The predicted molar refractivity (Wildman–Crippen MR) is 129 cm³/mol. The fourth-order valence-corrected chi connectivity index (χ4v) is 5.61. The first kappa shape index (κ1) is 22.3. The van der Waals surface area contributed by atoms with Gasteiger partial charge in [-0.15, -0.1) is 0 Å². The minimum Gasteiger partial charge on any atom is -0.485 e. The first-order valence-corrected chi connectivity index (χ1v) is 11.8. The van der Waals surface area contributed by atoms with Gasteiger partial charge in [-0.1, -0.05) is 30.3 Å². The van der Waals surface area contributed by atoms with Gasteiger partial charge in [0.05, 0.1) is 10.9 Å². The van der Waals surface area contributed by atoms with E-state index >= 15 is 4.39 Å². The molecule has 0 N–H and O–H groups in total. The molecule has 5 rings (SSSR count). The summed E-state index contributed by atoms with van der Waals surface area (Å²) in [5, 5.41) is 0.637. The number of rotatable bonds is 5. The van der Waals surface area contributed by atoms with E-state index in [2.05, 4.69) is 22.6 Å². The van der Waals surface area contributed by atoms with Crippen molar-refractivity contribution in [1.29, 1.82) is 0 Å². The first-order chi connectivity index (χ1) is 16.0. The van der Waals surface area contributed by atoms with Crippen LogP contribution < -0.4 is 4.74 Å². The van der Waals surface area contributed by atoms with Gasteiger partial charge in [-0.25, -0.2) is 13.2 Å². The van der Waals surface area contributed by atoms with Gasteiger partial charge in [-0.3, -0.25) is 0 Å². The van der Waals surface area contributed by atoms with Crippen LogP contribution in [0.5, 0.6) is 5.75 Å². The van der Waals surface area contributed by atoms with Crippen LogP contribution in [0.2, 0.25) is 0 Å². The van der Waals surface area contributed by atoms with E-state index in [4.69, 9.17) is 9.47 Å². The lowest BCUT2D eigenvalue weighted by molar-refractivity contribution is 0.0841. The number of ether oxygens (including phenoxy) is 2. The topological polar surface area (TPSA) is 23.4 Å². The Kier molecular flexibility index (Phi) is 6.34. The monoisotopic (exact) mass is 563 g/mol. The third-order valence-electron chi connectivity index (χ3n) is 6.01. The lowest BCUT2D eigenvalue weighted by atomic mass is 9.96. The highest BCUT2D eigenvalue weighted by molar-refractivity contribution is 14.1. The van der Waals surface area contributed by atoms with Crippen LogP contribution in [-0.2, 0) is 11.3 Å². The van der Waals surface area contributed by atoms with E-state index in [1.807, 2.05) is 34.9 Å². The van der Waals surface area contributed by atoms with Gasteiger partial charge in [0.25, 0.3) is 0 Å². The van der Waals surface area contributed by atoms with Crippen molar-refractivity contribution in [3.63, 3.8) is 0 Å². The van der Waals surface area contributed by atoms with E-state index in [9.17, 15) is 8.78 Å². The third-order valence-corrected chi connectivity index (χ3v) is 7.10. The summed E-state index contributed by atoms with van der Waals surface area (Å²) < 4.78 is 57.2. The van der Waals surface area contributed by atoms with Gasteiger partial charge in [-0.2, -0.15) is 0 Å². The van der Waals surface area contributed by atoms with Crippen LogP contribution in [0.3, 0.4) is 0 Å². The normalized spacial score (nSPS) is 14.7. The molecule has 170 valence electrons. The highest BCUT2D eigenvalue weighted by atomic mass is 127. The van der Waals surface area contributed by atoms with Crippen molar-refractivity contribution in [2.45, 2.75) is 25.4 Å². The zero-order valence-corrected chi connectivity index (χ0v) is 19.8. The van der Waals surface area contributed by atoms with Crippen molar-refractivity contribution in [2.24, 2.45) is 0 Å². The molecule has 0 atom stereocenters. The Balaban J connectivity index is 1.70. The number of hydrogen-bond acceptors (Lipinski definition) is 2. The van der Waals surface area contributed by atoms with Gasteiger partial charge in [0.2, 0.25) is 0 Å². The Morgan fingerprint density at radius 3 is 2.36 bits per heavy atom. The smallest absolute Gasteiger partial charge is 0.165 e. The maximum atomic E-state index is 15.0. The van der Waals surface area contributed by atoms with Crippen molar-refractivity contribution in [3.05, 3.63) is 92.9 Å². The molecule has 0 amide bonds. The molecular formula is C26H21F3INO2. The molecule has 1 saturated heterocycles. The van der Waals surface area contributed by atoms with E-state index in [1.165, 1.54) is 12.1 Å². The Morgan fingerprint density at radius 1 is 0.909 bits per heavy atom. The molecule has 4 aromatic rings. The maximum absolute atomic E-state index is 15.0. The highest BCUT2D eigenvalue weighted by Gasteiger charge is 2.29. The van der Waals surface area contributed by atoms with Crippen LogP contribution in [0, 0.1) is 21.0 Å². The van der Waals surface area contributed by atoms with Crippen molar-refractivity contribution >= 4 is 33.5 Å². The number of halogens is 4. The molecule has 0 radical (unpaired) electrons. The predicted octanol–water partition coefficient (Wildman–Crippen LogP) is 7.13. The molecule has 0 spiro atoms. The molecule has 0 saturated carbocycles. The second kappa shape index (κ2) is 9.38. The summed E-state index contributed by atoms with van der Waals surface area (Å²) in [6, 6.07) is 16.4. The van der Waals surface area contributed by atoms with E-state index in [0.717, 1.165) is 33.7 Å². The third kappa shape index (κ3) is 4.24. The van der Waals surface area contributed by atoms with E-state index in [0.29, 0.717) is 29.8 Å². The molecule has 0 aliphatic carbocycles. The van der Waals surface area contributed by atoms with Crippen LogP contribution >= 0.6 is 22.6 Å². The summed E-state index contributed by atoms with van der Waals surface area (Å²) in [4.78, 5) is 0. The van der Waals surface area contributed by atoms with Crippen molar-refractivity contribution in [2.75, 3.05) is 13.2 Å². The summed E-state index contributed by atoms with van der Waals surface area (Å²) in [5.74, 6) is -2.00. The number of aromatic nitrogens is 1. The molecular weight excluding hydrogens is 542 g/mol. The molecule has 1 aliphatic rings. The zero-order chi connectivity index (χ0) is 22.9. The lowest BCUT2D eigenvalue weighted by Crippen LogP contribution is -2.17. The average Bonchev–Trinajstić information content (AvgIpc) is 3.14. The van der Waals surface area contributed by atoms with E-state index < -0.39 is 17.5 Å². The SMILES string of the molecule is Fc1ccc(-n2c(C3CCOCC3)c(I)c3c(OCc4ccccc4)c(F)ccc32)cc1F. The van der Waals surface area contributed by atoms with E-state index in [-0.39, 0.29) is 18.3 Å². The number of nitrogens with zero attached hydrogens (tertiary/aromatic N) is 1. The largest absolute Gasteiger partial charge is 0.485 e. The van der Waals surface area contributed by atoms with Gasteiger partial charge in [-0.05, 0) is 65.3 Å². The number of benzene rings is 3. The van der Waals surface area contributed by atoms with Gasteiger partial charge >= 0.3 is 0 Å². The molecule has 33 heavy (non-hydrogen) atoms. The van der Waals surface area contributed by atoms with Gasteiger partial charge in [0.15, 0.2) is 23.2 Å². The van der Waals surface area contributed by atoms with Gasteiger partial charge in [0, 0.05) is 40.1 Å². The molecule has 1 aromatic heterocycles. The Morgan fingerprint density at radius 2 is 1.64 bits per heavy atom. The summed E-state index contributed by atoms with van der Waals surface area (Å²) in [6.07, 6.45) is 1.58. The fourth-order valence-electron chi connectivity index (χ4n) is 4.41. The fraction of sp³-hybridized carbons (Fsp3) is 0.231. The molecule has 3 aromatic carbocycles. The Bertz CT molecular complexity index is 1300. The minimum atomic E-state index is -0.926. The summed E-state index contributed by atoms with van der Waals surface area (Å²) >= 11 is 2.22. The summed E-state index contributed by atoms with van der Waals surface area (Å²) in [6.45, 7) is 1.45. The molecule has 7 heteroatoms. The van der Waals surface area contributed by atoms with Crippen molar-refractivity contribution < 1.29 is 22.6 Å². The Hall–Kier alpha value is -2.52. The van der Waals surface area contributed by atoms with Crippen LogP contribution in [-0.4, -0.2) is 17.8 Å². The molecule has 1 aliphatic heterocycles. The molecule has 3 nitrogen and oxygen atoms in total. The average molecular weight is 563 g/mol. The zero-order valence-electron chi connectivity index (χ0n) is 17.7. The maximum Gasteiger partial charge on any atom is 0.165 e. The van der Waals surface area contributed by atoms with Gasteiger partial charge in [0.1, 0.15) is 6.61 Å². The quantitative estimate of drug-likeness (QED) is 0.242.